The second-order valence-electron chi connectivity index (χ2n) is 4.22. The van der Waals surface area contributed by atoms with Crippen LogP contribution in [0.15, 0.2) is 30.3 Å². The molecule has 2 unspecified atom stereocenters. The quantitative estimate of drug-likeness (QED) is 0.598. The van der Waals surface area contributed by atoms with Gasteiger partial charge in [0.05, 0.1) is 6.23 Å². The van der Waals surface area contributed by atoms with Gasteiger partial charge in [0.25, 0.3) is 0 Å². The van der Waals surface area contributed by atoms with Gasteiger partial charge in [0.15, 0.2) is 0 Å². The lowest BCUT2D eigenvalue weighted by Gasteiger charge is -2.30. The van der Waals surface area contributed by atoms with Gasteiger partial charge in [-0.2, -0.15) is 0 Å². The Labute approximate surface area is 105 Å². The van der Waals surface area contributed by atoms with Crippen molar-refractivity contribution >= 4 is 13.7 Å². The molecule has 3 nitrogen and oxygen atoms in total. The van der Waals surface area contributed by atoms with E-state index in [1.807, 2.05) is 25.1 Å². The van der Waals surface area contributed by atoms with E-state index in [-0.39, 0.29) is 6.23 Å². The molecule has 2 atom stereocenters. The van der Waals surface area contributed by atoms with Crippen LogP contribution in [0.3, 0.4) is 0 Å². The van der Waals surface area contributed by atoms with Crippen molar-refractivity contribution in [3.05, 3.63) is 30.3 Å². The summed E-state index contributed by atoms with van der Waals surface area (Å²) in [6.45, 7) is 6.89. The van der Waals surface area contributed by atoms with E-state index < -0.39 is 8.56 Å². The molecule has 1 aromatic rings. The van der Waals surface area contributed by atoms with E-state index >= 15 is 0 Å². The molecule has 0 aliphatic heterocycles. The van der Waals surface area contributed by atoms with Gasteiger partial charge in [-0.1, -0.05) is 44.2 Å². The van der Waals surface area contributed by atoms with Gasteiger partial charge in [-0.05, 0) is 24.6 Å². The summed E-state index contributed by atoms with van der Waals surface area (Å²) in [7, 11) is -2.36. The van der Waals surface area contributed by atoms with E-state index in [9.17, 15) is 0 Å². The van der Waals surface area contributed by atoms with Crippen LogP contribution in [0.1, 0.15) is 26.7 Å². The summed E-state index contributed by atoms with van der Waals surface area (Å²) >= 11 is 0. The summed E-state index contributed by atoms with van der Waals surface area (Å²) < 4.78 is 11.9. The van der Waals surface area contributed by atoms with Gasteiger partial charge in [-0.25, -0.2) is 0 Å². The fourth-order valence-electron chi connectivity index (χ4n) is 1.60. The Balaban J connectivity index is 2.85. The zero-order chi connectivity index (χ0) is 12.7. The van der Waals surface area contributed by atoms with Crippen LogP contribution in [0.2, 0.25) is 6.55 Å². The van der Waals surface area contributed by atoms with Crippen LogP contribution < -0.4 is 10.9 Å². The average Bonchev–Trinajstić information content (AvgIpc) is 2.37. The van der Waals surface area contributed by atoms with E-state index in [0.717, 1.165) is 18.0 Å². The second kappa shape index (κ2) is 6.91. The average molecular weight is 253 g/mol. The van der Waals surface area contributed by atoms with E-state index in [0.29, 0.717) is 6.61 Å². The van der Waals surface area contributed by atoms with Gasteiger partial charge in [0.2, 0.25) is 0 Å². The van der Waals surface area contributed by atoms with Gasteiger partial charge in [0, 0.05) is 6.61 Å². The molecule has 0 aliphatic carbocycles. The fraction of sp³-hybridized carbons (Fsp3) is 0.538. The number of benzene rings is 1. The largest absolute Gasteiger partial charge is 0.391 e. The van der Waals surface area contributed by atoms with Gasteiger partial charge in [-0.15, -0.1) is 0 Å². The molecular weight excluding hydrogens is 230 g/mol. The molecule has 1 rings (SSSR count). The fourth-order valence-corrected chi connectivity index (χ4v) is 4.10. The minimum absolute atomic E-state index is 0.247. The van der Waals surface area contributed by atoms with Crippen molar-refractivity contribution in [2.24, 2.45) is 5.73 Å². The molecule has 0 amide bonds. The third-order valence-corrected chi connectivity index (χ3v) is 5.55. The third kappa shape index (κ3) is 4.24. The van der Waals surface area contributed by atoms with Gasteiger partial charge < -0.3 is 14.6 Å². The summed E-state index contributed by atoms with van der Waals surface area (Å²) in [5, 5.41) is 1.14. The SMILES string of the molecule is CCCO[Si](C)(OC(N)CC)c1ccccc1. The summed E-state index contributed by atoms with van der Waals surface area (Å²) in [5.74, 6) is 0. The van der Waals surface area contributed by atoms with Crippen molar-refractivity contribution in [2.45, 2.75) is 39.5 Å². The van der Waals surface area contributed by atoms with E-state index in [1.54, 1.807) is 0 Å². The molecule has 0 radical (unpaired) electrons. The Morgan fingerprint density at radius 1 is 1.24 bits per heavy atom. The number of hydrogen-bond acceptors (Lipinski definition) is 3. The second-order valence-corrected chi connectivity index (χ2v) is 7.22. The zero-order valence-electron chi connectivity index (χ0n) is 11.0. The zero-order valence-corrected chi connectivity index (χ0v) is 12.0. The first-order valence-corrected chi connectivity index (χ1v) is 8.57. The maximum absolute atomic E-state index is 5.97. The summed E-state index contributed by atoms with van der Waals surface area (Å²) in [5.41, 5.74) is 5.90. The predicted octanol–water partition coefficient (Wildman–Crippen LogP) is 2.10. The molecule has 0 spiro atoms. The van der Waals surface area contributed by atoms with Crippen LogP contribution in [-0.4, -0.2) is 21.4 Å². The first-order valence-electron chi connectivity index (χ1n) is 6.25. The number of rotatable bonds is 7. The Morgan fingerprint density at radius 2 is 1.88 bits per heavy atom. The lowest BCUT2D eigenvalue weighted by atomic mass is 10.4. The van der Waals surface area contributed by atoms with E-state index in [2.05, 4.69) is 25.6 Å². The topological polar surface area (TPSA) is 44.5 Å². The highest BCUT2D eigenvalue weighted by Gasteiger charge is 2.35. The first-order chi connectivity index (χ1) is 8.12. The van der Waals surface area contributed by atoms with Crippen LogP contribution in [0.25, 0.3) is 0 Å². The van der Waals surface area contributed by atoms with Crippen LogP contribution in [0.5, 0.6) is 0 Å². The van der Waals surface area contributed by atoms with Crippen LogP contribution in [0, 0.1) is 0 Å². The molecule has 1 aromatic carbocycles. The van der Waals surface area contributed by atoms with Crippen LogP contribution in [0.4, 0.5) is 0 Å². The standard InChI is InChI=1S/C13H23NO2Si/c1-4-11-15-17(3,16-13(14)5-2)12-9-7-6-8-10-12/h6-10,13H,4-5,11,14H2,1-3H3. The van der Waals surface area contributed by atoms with Crippen molar-refractivity contribution in [1.29, 1.82) is 0 Å². The van der Waals surface area contributed by atoms with E-state index in [4.69, 9.17) is 14.6 Å². The Hall–Kier alpha value is -0.683. The highest BCUT2D eigenvalue weighted by molar-refractivity contribution is 6.80. The maximum Gasteiger partial charge on any atom is 0.370 e. The minimum atomic E-state index is -2.36. The minimum Gasteiger partial charge on any atom is -0.391 e. The molecule has 0 fully saturated rings. The summed E-state index contributed by atoms with van der Waals surface area (Å²) in [6, 6.07) is 10.1. The van der Waals surface area contributed by atoms with Crippen molar-refractivity contribution in [3.8, 4) is 0 Å². The first kappa shape index (κ1) is 14.4. The predicted molar refractivity (Wildman–Crippen MR) is 73.3 cm³/mol. The normalized spacial score (nSPS) is 16.5. The Kier molecular flexibility index (Phi) is 5.84. The van der Waals surface area contributed by atoms with Crippen molar-refractivity contribution < 1.29 is 8.85 Å². The summed E-state index contributed by atoms with van der Waals surface area (Å²) in [4.78, 5) is 0. The van der Waals surface area contributed by atoms with Crippen molar-refractivity contribution in [3.63, 3.8) is 0 Å². The molecule has 0 bridgehead atoms. The lowest BCUT2D eigenvalue weighted by Crippen LogP contribution is -2.54. The molecule has 4 heteroatoms. The van der Waals surface area contributed by atoms with Gasteiger partial charge >= 0.3 is 8.56 Å². The Bertz CT molecular complexity index is 320. The highest BCUT2D eigenvalue weighted by atomic mass is 28.4. The van der Waals surface area contributed by atoms with Crippen molar-refractivity contribution in [2.75, 3.05) is 6.61 Å². The molecule has 96 valence electrons. The monoisotopic (exact) mass is 253 g/mol. The molecule has 0 heterocycles. The van der Waals surface area contributed by atoms with Gasteiger partial charge in [-0.3, -0.25) is 0 Å². The van der Waals surface area contributed by atoms with E-state index in [1.165, 1.54) is 0 Å². The number of nitrogens with two attached hydrogens (primary N) is 1. The molecule has 0 aliphatic rings. The van der Waals surface area contributed by atoms with Crippen molar-refractivity contribution in [1.82, 2.24) is 0 Å². The molecule has 0 saturated heterocycles. The molecule has 17 heavy (non-hydrogen) atoms. The molecule has 0 aromatic heterocycles. The van der Waals surface area contributed by atoms with Crippen LogP contribution in [-0.2, 0) is 8.85 Å². The molecular formula is C13H23NO2Si. The van der Waals surface area contributed by atoms with Gasteiger partial charge in [0.1, 0.15) is 0 Å². The highest BCUT2D eigenvalue weighted by Crippen LogP contribution is 2.11. The maximum atomic E-state index is 5.97. The van der Waals surface area contributed by atoms with Crippen LogP contribution >= 0.6 is 0 Å². The molecule has 2 N–H and O–H groups in total. The smallest absolute Gasteiger partial charge is 0.370 e. The lowest BCUT2D eigenvalue weighted by molar-refractivity contribution is 0.127. The Morgan fingerprint density at radius 3 is 2.41 bits per heavy atom. The number of hydrogen-bond donors (Lipinski definition) is 1. The third-order valence-electron chi connectivity index (χ3n) is 2.66. The summed E-state index contributed by atoms with van der Waals surface area (Å²) in [6.07, 6.45) is 1.54. The molecule has 0 saturated carbocycles.